The van der Waals surface area contributed by atoms with Gasteiger partial charge in [0.25, 0.3) is 5.91 Å². The van der Waals surface area contributed by atoms with Gasteiger partial charge in [-0.1, -0.05) is 38.5 Å². The maximum absolute atomic E-state index is 12.2. The minimum Gasteiger partial charge on any atom is -0.481 e. The van der Waals surface area contributed by atoms with Gasteiger partial charge >= 0.3 is 5.97 Å². The molecule has 0 radical (unpaired) electrons. The second kappa shape index (κ2) is 9.07. The summed E-state index contributed by atoms with van der Waals surface area (Å²) in [6, 6.07) is 7.50. The number of carbonyl (C=O) groups is 2. The summed E-state index contributed by atoms with van der Waals surface area (Å²) in [5.41, 5.74) is 0.961. The number of carbonyl (C=O) groups excluding carboxylic acids is 1. The van der Waals surface area contributed by atoms with Gasteiger partial charge in [0, 0.05) is 6.54 Å². The quantitative estimate of drug-likeness (QED) is 0.735. The van der Waals surface area contributed by atoms with Gasteiger partial charge in [0.15, 0.2) is 6.10 Å². The summed E-state index contributed by atoms with van der Waals surface area (Å²) in [5.74, 6) is -1.03. The number of aliphatic carboxylic acids is 1. The van der Waals surface area contributed by atoms with Crippen LogP contribution in [0, 0.1) is 12.8 Å². The number of aryl methyl sites for hydroxylation is 1. The number of ether oxygens (including phenoxy) is 1. The maximum atomic E-state index is 12.2. The van der Waals surface area contributed by atoms with Crippen molar-refractivity contribution < 1.29 is 19.4 Å². The summed E-state index contributed by atoms with van der Waals surface area (Å²) >= 11 is 0. The summed E-state index contributed by atoms with van der Waals surface area (Å²) in [7, 11) is 0. The third-order valence-electron chi connectivity index (χ3n) is 3.54. The Morgan fingerprint density at radius 3 is 2.50 bits per heavy atom. The normalized spacial score (nSPS) is 13.2. The minimum absolute atomic E-state index is 0.135. The molecule has 0 aromatic heterocycles. The van der Waals surface area contributed by atoms with E-state index in [2.05, 4.69) is 5.32 Å². The van der Waals surface area contributed by atoms with Gasteiger partial charge in [0.2, 0.25) is 0 Å². The fourth-order valence-electron chi connectivity index (χ4n) is 2.16. The lowest BCUT2D eigenvalue weighted by Crippen LogP contribution is -2.41. The average Bonchev–Trinajstić information content (AvgIpc) is 2.50. The molecule has 0 fully saturated rings. The van der Waals surface area contributed by atoms with E-state index in [1.54, 1.807) is 0 Å². The van der Waals surface area contributed by atoms with Crippen LogP contribution in [0.2, 0.25) is 0 Å². The highest BCUT2D eigenvalue weighted by Crippen LogP contribution is 2.19. The molecule has 0 spiro atoms. The van der Waals surface area contributed by atoms with Crippen LogP contribution < -0.4 is 10.1 Å². The second-order valence-electron chi connectivity index (χ2n) is 5.35. The predicted octanol–water partition coefficient (Wildman–Crippen LogP) is 2.77. The number of hydrogen-bond acceptors (Lipinski definition) is 3. The van der Waals surface area contributed by atoms with E-state index in [1.807, 2.05) is 45.0 Å². The van der Waals surface area contributed by atoms with Gasteiger partial charge in [0.05, 0.1) is 5.92 Å². The molecule has 0 heterocycles. The van der Waals surface area contributed by atoms with Crippen LogP contribution >= 0.6 is 0 Å². The molecule has 5 heteroatoms. The fraction of sp³-hybridized carbons (Fsp3) is 0.529. The van der Waals surface area contributed by atoms with Crippen molar-refractivity contribution in [1.29, 1.82) is 0 Å². The van der Waals surface area contributed by atoms with Gasteiger partial charge in [-0.25, -0.2) is 0 Å². The van der Waals surface area contributed by atoms with Crippen molar-refractivity contribution in [2.24, 2.45) is 5.92 Å². The monoisotopic (exact) mass is 307 g/mol. The van der Waals surface area contributed by atoms with Crippen molar-refractivity contribution in [3.05, 3.63) is 29.8 Å². The van der Waals surface area contributed by atoms with Crippen molar-refractivity contribution in [2.75, 3.05) is 6.54 Å². The van der Waals surface area contributed by atoms with E-state index < -0.39 is 18.0 Å². The smallest absolute Gasteiger partial charge is 0.308 e. The molecule has 2 atom stereocenters. The Morgan fingerprint density at radius 1 is 1.27 bits per heavy atom. The molecular weight excluding hydrogens is 282 g/mol. The molecule has 1 aromatic rings. The van der Waals surface area contributed by atoms with Crippen LogP contribution in [0.25, 0.3) is 0 Å². The largest absolute Gasteiger partial charge is 0.481 e. The van der Waals surface area contributed by atoms with E-state index >= 15 is 0 Å². The predicted molar refractivity (Wildman–Crippen MR) is 84.9 cm³/mol. The molecule has 0 bridgehead atoms. The Labute approximate surface area is 131 Å². The number of nitrogens with one attached hydrogen (secondary N) is 1. The SMILES string of the molecule is CCCC(CNC(=O)C(CC)Oc1ccccc1C)C(=O)O. The Balaban J connectivity index is 2.61. The first-order valence-electron chi connectivity index (χ1n) is 7.72. The number of amides is 1. The van der Waals surface area contributed by atoms with E-state index in [4.69, 9.17) is 9.84 Å². The third-order valence-corrected chi connectivity index (χ3v) is 3.54. The summed E-state index contributed by atoms with van der Waals surface area (Å²) in [6.07, 6.45) is 1.22. The van der Waals surface area contributed by atoms with E-state index in [-0.39, 0.29) is 12.5 Å². The van der Waals surface area contributed by atoms with Gasteiger partial charge < -0.3 is 15.2 Å². The first-order chi connectivity index (χ1) is 10.5. The number of carboxylic acid groups (broad SMARTS) is 1. The maximum Gasteiger partial charge on any atom is 0.308 e. The fourth-order valence-corrected chi connectivity index (χ4v) is 2.16. The minimum atomic E-state index is -0.880. The van der Waals surface area contributed by atoms with Crippen molar-refractivity contribution >= 4 is 11.9 Å². The average molecular weight is 307 g/mol. The van der Waals surface area contributed by atoms with Gasteiger partial charge in [0.1, 0.15) is 5.75 Å². The van der Waals surface area contributed by atoms with Crippen LogP contribution in [0.15, 0.2) is 24.3 Å². The van der Waals surface area contributed by atoms with Crippen molar-refractivity contribution in [3.8, 4) is 5.75 Å². The molecule has 0 aliphatic rings. The van der Waals surface area contributed by atoms with Crippen LogP contribution in [0.3, 0.4) is 0 Å². The highest BCUT2D eigenvalue weighted by molar-refractivity contribution is 5.81. The van der Waals surface area contributed by atoms with E-state index in [9.17, 15) is 9.59 Å². The second-order valence-corrected chi connectivity index (χ2v) is 5.35. The van der Waals surface area contributed by atoms with Crippen molar-refractivity contribution in [2.45, 2.75) is 46.1 Å². The van der Waals surface area contributed by atoms with Crippen molar-refractivity contribution in [1.82, 2.24) is 5.32 Å². The first-order valence-corrected chi connectivity index (χ1v) is 7.72. The lowest BCUT2D eigenvalue weighted by Gasteiger charge is -2.20. The Kier molecular flexibility index (Phi) is 7.43. The van der Waals surface area contributed by atoms with Crippen molar-refractivity contribution in [3.63, 3.8) is 0 Å². The Bertz CT molecular complexity index is 501. The van der Waals surface area contributed by atoms with Crippen LogP contribution in [0.1, 0.15) is 38.7 Å². The number of benzene rings is 1. The Hall–Kier alpha value is -2.04. The summed E-state index contributed by atoms with van der Waals surface area (Å²) in [6.45, 7) is 5.84. The number of para-hydroxylation sites is 1. The van der Waals surface area contributed by atoms with E-state index in [0.717, 1.165) is 12.0 Å². The van der Waals surface area contributed by atoms with Crippen LogP contribution in [-0.4, -0.2) is 29.6 Å². The van der Waals surface area contributed by atoms with E-state index in [0.29, 0.717) is 18.6 Å². The molecular formula is C17H25NO4. The molecule has 1 rings (SSSR count). The lowest BCUT2D eigenvalue weighted by atomic mass is 10.0. The molecule has 0 aliphatic carbocycles. The molecule has 0 aliphatic heterocycles. The number of hydrogen-bond donors (Lipinski definition) is 2. The van der Waals surface area contributed by atoms with Gasteiger partial charge in [-0.05, 0) is 31.4 Å². The lowest BCUT2D eigenvalue weighted by molar-refractivity contribution is -0.142. The molecule has 122 valence electrons. The highest BCUT2D eigenvalue weighted by Gasteiger charge is 2.22. The summed E-state index contributed by atoms with van der Waals surface area (Å²) in [5, 5.41) is 11.8. The van der Waals surface area contributed by atoms with E-state index in [1.165, 1.54) is 0 Å². The van der Waals surface area contributed by atoms with Crippen LogP contribution in [0.5, 0.6) is 5.75 Å². The molecule has 1 amide bonds. The summed E-state index contributed by atoms with van der Waals surface area (Å²) in [4.78, 5) is 23.3. The molecule has 5 nitrogen and oxygen atoms in total. The molecule has 0 saturated heterocycles. The zero-order chi connectivity index (χ0) is 16.5. The summed E-state index contributed by atoms with van der Waals surface area (Å²) < 4.78 is 5.75. The molecule has 2 N–H and O–H groups in total. The van der Waals surface area contributed by atoms with Crippen LogP contribution in [-0.2, 0) is 9.59 Å². The number of rotatable bonds is 9. The highest BCUT2D eigenvalue weighted by atomic mass is 16.5. The molecule has 22 heavy (non-hydrogen) atoms. The molecule has 0 saturated carbocycles. The number of carboxylic acids is 1. The first kappa shape index (κ1) is 18.0. The Morgan fingerprint density at radius 2 is 1.95 bits per heavy atom. The van der Waals surface area contributed by atoms with Crippen LogP contribution in [0.4, 0.5) is 0 Å². The topological polar surface area (TPSA) is 75.6 Å². The van der Waals surface area contributed by atoms with Gasteiger partial charge in [-0.2, -0.15) is 0 Å². The zero-order valence-corrected chi connectivity index (χ0v) is 13.5. The van der Waals surface area contributed by atoms with Gasteiger partial charge in [-0.15, -0.1) is 0 Å². The standard InChI is InChI=1S/C17H25NO4/c1-4-8-13(17(20)21)11-18-16(19)14(5-2)22-15-10-7-6-9-12(15)3/h6-7,9-10,13-14H,4-5,8,11H2,1-3H3,(H,18,19)(H,20,21). The molecule has 2 unspecified atom stereocenters. The van der Waals surface area contributed by atoms with Gasteiger partial charge in [-0.3, -0.25) is 9.59 Å². The zero-order valence-electron chi connectivity index (χ0n) is 13.5. The third kappa shape index (κ3) is 5.39. The molecule has 1 aromatic carbocycles.